The molecule has 0 spiro atoms. The Morgan fingerprint density at radius 1 is 1.45 bits per heavy atom. The predicted octanol–water partition coefficient (Wildman–Crippen LogP) is 0.935. The van der Waals surface area contributed by atoms with E-state index >= 15 is 0 Å². The summed E-state index contributed by atoms with van der Waals surface area (Å²) in [6.07, 6.45) is 0. The average Bonchev–Trinajstić information content (AvgIpc) is 1.94. The van der Waals surface area contributed by atoms with Gasteiger partial charge < -0.3 is 10.2 Å². The van der Waals surface area contributed by atoms with Crippen molar-refractivity contribution in [3.8, 4) is 0 Å². The van der Waals surface area contributed by atoms with Crippen LogP contribution in [0.3, 0.4) is 0 Å². The molecule has 1 fully saturated rings. The summed E-state index contributed by atoms with van der Waals surface area (Å²) in [5, 5.41) is 3.56. The van der Waals surface area contributed by atoms with Crippen molar-refractivity contribution < 1.29 is 0 Å². The molecule has 0 aromatic rings. The number of hydrogen-bond donors (Lipinski definition) is 1. The van der Waals surface area contributed by atoms with Gasteiger partial charge in [-0.2, -0.15) is 0 Å². The van der Waals surface area contributed by atoms with E-state index in [1.165, 1.54) is 6.54 Å². The standard InChI is InChI=1S/C9H20N2/c1-7(2)9-6-11(4)8(3)5-10-9/h7-10H,5-6H2,1-4H3. The van der Waals surface area contributed by atoms with Crippen molar-refractivity contribution in [2.24, 2.45) is 5.92 Å². The molecular weight excluding hydrogens is 136 g/mol. The lowest BCUT2D eigenvalue weighted by atomic mass is 10.0. The average molecular weight is 156 g/mol. The zero-order valence-electron chi connectivity index (χ0n) is 8.09. The summed E-state index contributed by atoms with van der Waals surface area (Å²) >= 11 is 0. The summed E-state index contributed by atoms with van der Waals surface area (Å²) in [4.78, 5) is 2.43. The molecule has 0 saturated carbocycles. The first-order chi connectivity index (χ1) is 5.11. The highest BCUT2D eigenvalue weighted by Crippen LogP contribution is 2.09. The topological polar surface area (TPSA) is 15.3 Å². The number of rotatable bonds is 1. The molecule has 0 aromatic carbocycles. The van der Waals surface area contributed by atoms with E-state index in [4.69, 9.17) is 0 Å². The highest BCUT2D eigenvalue weighted by Gasteiger charge is 2.23. The molecule has 11 heavy (non-hydrogen) atoms. The van der Waals surface area contributed by atoms with Crippen LogP contribution in [-0.2, 0) is 0 Å². The largest absolute Gasteiger partial charge is 0.311 e. The molecule has 1 saturated heterocycles. The first-order valence-corrected chi connectivity index (χ1v) is 4.55. The van der Waals surface area contributed by atoms with Gasteiger partial charge in [-0.05, 0) is 19.9 Å². The number of piperazine rings is 1. The molecule has 0 amide bonds. The van der Waals surface area contributed by atoms with Crippen molar-refractivity contribution in [1.82, 2.24) is 10.2 Å². The van der Waals surface area contributed by atoms with Crippen LogP contribution in [0.4, 0.5) is 0 Å². The maximum absolute atomic E-state index is 3.56. The van der Waals surface area contributed by atoms with E-state index in [2.05, 4.69) is 38.0 Å². The minimum Gasteiger partial charge on any atom is -0.311 e. The fourth-order valence-electron chi connectivity index (χ4n) is 1.48. The van der Waals surface area contributed by atoms with Gasteiger partial charge in [0, 0.05) is 25.2 Å². The van der Waals surface area contributed by atoms with E-state index < -0.39 is 0 Å². The van der Waals surface area contributed by atoms with Crippen LogP contribution in [-0.4, -0.2) is 37.1 Å². The third-order valence-corrected chi connectivity index (χ3v) is 2.72. The monoisotopic (exact) mass is 156 g/mol. The number of nitrogens with zero attached hydrogens (tertiary/aromatic N) is 1. The zero-order chi connectivity index (χ0) is 8.43. The molecule has 2 atom stereocenters. The fraction of sp³-hybridized carbons (Fsp3) is 1.00. The Bertz CT molecular complexity index is 123. The van der Waals surface area contributed by atoms with Gasteiger partial charge in [0.15, 0.2) is 0 Å². The molecular formula is C9H20N2. The van der Waals surface area contributed by atoms with Crippen LogP contribution in [0.15, 0.2) is 0 Å². The minimum absolute atomic E-state index is 0.691. The van der Waals surface area contributed by atoms with Gasteiger partial charge in [0.2, 0.25) is 0 Å². The van der Waals surface area contributed by atoms with E-state index in [-0.39, 0.29) is 0 Å². The van der Waals surface area contributed by atoms with Gasteiger partial charge in [0.05, 0.1) is 0 Å². The number of likely N-dealkylation sites (N-methyl/N-ethyl adjacent to an activating group) is 1. The van der Waals surface area contributed by atoms with Gasteiger partial charge >= 0.3 is 0 Å². The third-order valence-electron chi connectivity index (χ3n) is 2.72. The molecule has 1 rings (SSSR count). The van der Waals surface area contributed by atoms with E-state index in [1.807, 2.05) is 0 Å². The first-order valence-electron chi connectivity index (χ1n) is 4.55. The summed E-state index contributed by atoms with van der Waals surface area (Å²) in [7, 11) is 2.21. The Kier molecular flexibility index (Phi) is 2.90. The summed E-state index contributed by atoms with van der Waals surface area (Å²) < 4.78 is 0. The molecule has 2 heteroatoms. The first kappa shape index (κ1) is 9.01. The molecule has 0 aromatic heterocycles. The van der Waals surface area contributed by atoms with Crippen LogP contribution in [0.1, 0.15) is 20.8 Å². The minimum atomic E-state index is 0.691. The van der Waals surface area contributed by atoms with E-state index in [1.54, 1.807) is 0 Å². The molecule has 66 valence electrons. The van der Waals surface area contributed by atoms with Gasteiger partial charge in [0.25, 0.3) is 0 Å². The third kappa shape index (κ3) is 2.17. The van der Waals surface area contributed by atoms with Gasteiger partial charge in [-0.25, -0.2) is 0 Å². The van der Waals surface area contributed by atoms with Crippen LogP contribution in [0.2, 0.25) is 0 Å². The lowest BCUT2D eigenvalue weighted by molar-refractivity contribution is 0.153. The maximum atomic E-state index is 3.56. The molecule has 0 radical (unpaired) electrons. The lowest BCUT2D eigenvalue weighted by Crippen LogP contribution is -2.55. The quantitative estimate of drug-likeness (QED) is 0.607. The van der Waals surface area contributed by atoms with Gasteiger partial charge in [-0.1, -0.05) is 13.8 Å². The Morgan fingerprint density at radius 3 is 2.55 bits per heavy atom. The van der Waals surface area contributed by atoms with E-state index in [0.29, 0.717) is 12.1 Å². The molecule has 2 unspecified atom stereocenters. The molecule has 0 aliphatic carbocycles. The van der Waals surface area contributed by atoms with Gasteiger partial charge in [-0.3, -0.25) is 0 Å². The second-order valence-electron chi connectivity index (χ2n) is 4.05. The summed E-state index contributed by atoms with van der Waals surface area (Å²) in [6, 6.07) is 1.39. The summed E-state index contributed by atoms with van der Waals surface area (Å²) in [5.74, 6) is 0.755. The fourth-order valence-corrected chi connectivity index (χ4v) is 1.48. The summed E-state index contributed by atoms with van der Waals surface area (Å²) in [5.41, 5.74) is 0. The Morgan fingerprint density at radius 2 is 2.09 bits per heavy atom. The molecule has 0 bridgehead atoms. The van der Waals surface area contributed by atoms with Crippen LogP contribution in [0.25, 0.3) is 0 Å². The molecule has 1 N–H and O–H groups in total. The number of hydrogen-bond acceptors (Lipinski definition) is 2. The summed E-state index contributed by atoms with van der Waals surface area (Å²) in [6.45, 7) is 9.16. The second kappa shape index (κ2) is 3.55. The highest BCUT2D eigenvalue weighted by atomic mass is 15.2. The molecule has 1 aliphatic rings. The zero-order valence-corrected chi connectivity index (χ0v) is 8.09. The van der Waals surface area contributed by atoms with Crippen molar-refractivity contribution in [3.63, 3.8) is 0 Å². The Balaban J connectivity index is 2.40. The molecule has 1 aliphatic heterocycles. The van der Waals surface area contributed by atoms with Crippen LogP contribution < -0.4 is 5.32 Å². The van der Waals surface area contributed by atoms with Crippen molar-refractivity contribution in [3.05, 3.63) is 0 Å². The lowest BCUT2D eigenvalue weighted by Gasteiger charge is -2.38. The number of nitrogens with one attached hydrogen (secondary N) is 1. The predicted molar refractivity (Wildman–Crippen MR) is 48.7 cm³/mol. The van der Waals surface area contributed by atoms with Gasteiger partial charge in [-0.15, -0.1) is 0 Å². The Labute approximate surface area is 70.0 Å². The van der Waals surface area contributed by atoms with E-state index in [0.717, 1.165) is 12.5 Å². The normalized spacial score (nSPS) is 34.6. The van der Waals surface area contributed by atoms with Crippen molar-refractivity contribution >= 4 is 0 Å². The highest BCUT2D eigenvalue weighted by molar-refractivity contribution is 4.83. The van der Waals surface area contributed by atoms with Crippen molar-refractivity contribution in [2.75, 3.05) is 20.1 Å². The second-order valence-corrected chi connectivity index (χ2v) is 4.05. The smallest absolute Gasteiger partial charge is 0.0218 e. The van der Waals surface area contributed by atoms with Crippen LogP contribution in [0.5, 0.6) is 0 Å². The van der Waals surface area contributed by atoms with Crippen LogP contribution in [0, 0.1) is 5.92 Å². The van der Waals surface area contributed by atoms with Gasteiger partial charge in [0.1, 0.15) is 0 Å². The van der Waals surface area contributed by atoms with Crippen molar-refractivity contribution in [2.45, 2.75) is 32.9 Å². The molecule has 1 heterocycles. The van der Waals surface area contributed by atoms with Crippen LogP contribution >= 0.6 is 0 Å². The van der Waals surface area contributed by atoms with Crippen molar-refractivity contribution in [1.29, 1.82) is 0 Å². The SMILES string of the molecule is CC(C)C1CN(C)C(C)CN1. The maximum Gasteiger partial charge on any atom is 0.0218 e. The molecule has 2 nitrogen and oxygen atoms in total. The van der Waals surface area contributed by atoms with E-state index in [9.17, 15) is 0 Å². The Hall–Kier alpha value is -0.0800.